The van der Waals surface area contributed by atoms with Crippen molar-refractivity contribution >= 4 is 27.5 Å². The summed E-state index contributed by atoms with van der Waals surface area (Å²) in [6.07, 6.45) is 1.30. The quantitative estimate of drug-likeness (QED) is 0.895. The normalized spacial score (nSPS) is 10.1. The first-order valence-corrected chi connectivity index (χ1v) is 5.81. The highest BCUT2D eigenvalue weighted by molar-refractivity contribution is 9.10. The van der Waals surface area contributed by atoms with Gasteiger partial charge in [-0.15, -0.1) is 0 Å². The highest BCUT2D eigenvalue weighted by atomic mass is 79.9. The van der Waals surface area contributed by atoms with Crippen molar-refractivity contribution in [2.45, 2.75) is 0 Å². The molecule has 0 spiro atoms. The molecule has 6 heteroatoms. The smallest absolute Gasteiger partial charge is 0.257 e. The summed E-state index contributed by atoms with van der Waals surface area (Å²) in [4.78, 5) is 25.0. The van der Waals surface area contributed by atoms with Crippen molar-refractivity contribution < 1.29 is 9.18 Å². The summed E-state index contributed by atoms with van der Waals surface area (Å²) in [6.45, 7) is 0. The molecule has 0 radical (unpaired) electrons. The molecule has 1 aromatic carbocycles. The number of H-pyrrole nitrogens is 1. The maximum Gasteiger partial charge on any atom is 0.257 e. The van der Waals surface area contributed by atoms with Crippen molar-refractivity contribution in [3.63, 3.8) is 0 Å². The Morgan fingerprint density at radius 1 is 1.28 bits per heavy atom. The van der Waals surface area contributed by atoms with E-state index >= 15 is 0 Å². The molecule has 0 aliphatic heterocycles. The van der Waals surface area contributed by atoms with Crippen molar-refractivity contribution in [3.05, 3.63) is 62.7 Å². The monoisotopic (exact) mass is 310 g/mol. The van der Waals surface area contributed by atoms with Gasteiger partial charge < -0.3 is 10.3 Å². The standard InChI is InChI=1S/C12H8BrFN2O2/c13-9-3-2-8(5-10(9)14)16-12(18)7-1-4-11(17)15-6-7/h1-6H,(H,15,17)(H,16,18). The van der Waals surface area contributed by atoms with Crippen LogP contribution >= 0.6 is 15.9 Å². The fourth-order valence-electron chi connectivity index (χ4n) is 1.33. The predicted octanol–water partition coefficient (Wildman–Crippen LogP) is 2.53. The second kappa shape index (κ2) is 5.14. The molecule has 1 heterocycles. The van der Waals surface area contributed by atoms with Gasteiger partial charge in [0.2, 0.25) is 5.56 Å². The molecular formula is C12H8BrFN2O2. The van der Waals surface area contributed by atoms with Gasteiger partial charge in [-0.1, -0.05) is 0 Å². The fourth-order valence-corrected chi connectivity index (χ4v) is 1.58. The average Bonchev–Trinajstić information content (AvgIpc) is 2.34. The summed E-state index contributed by atoms with van der Waals surface area (Å²) in [5.74, 6) is -0.887. The molecule has 0 bridgehead atoms. The Morgan fingerprint density at radius 2 is 2.06 bits per heavy atom. The molecule has 0 atom stereocenters. The molecule has 0 saturated carbocycles. The number of halogens is 2. The van der Waals surface area contributed by atoms with E-state index in [-0.39, 0.29) is 11.1 Å². The van der Waals surface area contributed by atoms with E-state index in [1.165, 1.54) is 30.5 Å². The number of aromatic amines is 1. The van der Waals surface area contributed by atoms with Crippen LogP contribution in [-0.2, 0) is 0 Å². The van der Waals surface area contributed by atoms with E-state index in [4.69, 9.17) is 0 Å². The number of benzene rings is 1. The lowest BCUT2D eigenvalue weighted by Crippen LogP contribution is -2.14. The minimum Gasteiger partial charge on any atom is -0.328 e. The molecule has 0 aliphatic carbocycles. The summed E-state index contributed by atoms with van der Waals surface area (Å²) >= 11 is 3.02. The van der Waals surface area contributed by atoms with Gasteiger partial charge in [0.1, 0.15) is 5.82 Å². The van der Waals surface area contributed by atoms with Crippen molar-refractivity contribution in [1.82, 2.24) is 4.98 Å². The third-order valence-corrected chi connectivity index (χ3v) is 2.87. The van der Waals surface area contributed by atoms with Gasteiger partial charge in [-0.3, -0.25) is 9.59 Å². The third-order valence-electron chi connectivity index (χ3n) is 2.22. The summed E-state index contributed by atoms with van der Waals surface area (Å²) in [5.41, 5.74) is 0.339. The maximum absolute atomic E-state index is 13.2. The Labute approximate surface area is 110 Å². The van der Waals surface area contributed by atoms with Crippen molar-refractivity contribution in [2.24, 2.45) is 0 Å². The number of carbonyl (C=O) groups excluding carboxylic acids is 1. The molecular weight excluding hydrogens is 303 g/mol. The first-order valence-electron chi connectivity index (χ1n) is 5.01. The Morgan fingerprint density at radius 3 is 2.67 bits per heavy atom. The predicted molar refractivity (Wildman–Crippen MR) is 69.1 cm³/mol. The number of hydrogen-bond acceptors (Lipinski definition) is 2. The number of nitrogens with one attached hydrogen (secondary N) is 2. The van der Waals surface area contributed by atoms with Crippen LogP contribution in [0.2, 0.25) is 0 Å². The molecule has 2 N–H and O–H groups in total. The molecule has 0 unspecified atom stereocenters. The second-order valence-corrected chi connectivity index (χ2v) is 4.38. The molecule has 92 valence electrons. The van der Waals surface area contributed by atoms with Crippen LogP contribution in [0.5, 0.6) is 0 Å². The lowest BCUT2D eigenvalue weighted by atomic mass is 10.2. The number of hydrogen-bond donors (Lipinski definition) is 2. The Balaban J connectivity index is 2.18. The Kier molecular flexibility index (Phi) is 3.57. The summed E-state index contributed by atoms with van der Waals surface area (Å²) in [7, 11) is 0. The minimum absolute atomic E-state index is 0.290. The van der Waals surface area contributed by atoms with Crippen molar-refractivity contribution in [3.8, 4) is 0 Å². The lowest BCUT2D eigenvalue weighted by Gasteiger charge is -2.05. The Bertz CT molecular complexity index is 634. The second-order valence-electron chi connectivity index (χ2n) is 3.52. The molecule has 2 rings (SSSR count). The number of amides is 1. The van der Waals surface area contributed by atoms with Gasteiger partial charge in [-0.05, 0) is 40.2 Å². The zero-order chi connectivity index (χ0) is 13.1. The number of carbonyl (C=O) groups is 1. The topological polar surface area (TPSA) is 62.0 Å². The average molecular weight is 311 g/mol. The van der Waals surface area contributed by atoms with Crippen molar-refractivity contribution in [1.29, 1.82) is 0 Å². The van der Waals surface area contributed by atoms with Crippen LogP contribution in [0.15, 0.2) is 45.8 Å². The van der Waals surface area contributed by atoms with E-state index in [0.717, 1.165) is 0 Å². The lowest BCUT2D eigenvalue weighted by molar-refractivity contribution is 0.102. The summed E-state index contributed by atoms with van der Waals surface area (Å²) in [6, 6.07) is 6.91. The molecule has 0 saturated heterocycles. The van der Waals surface area contributed by atoms with Gasteiger partial charge in [-0.2, -0.15) is 0 Å². The zero-order valence-electron chi connectivity index (χ0n) is 9.04. The largest absolute Gasteiger partial charge is 0.328 e. The van der Waals surface area contributed by atoms with E-state index in [0.29, 0.717) is 10.2 Å². The minimum atomic E-state index is -0.464. The van der Waals surface area contributed by atoms with Gasteiger partial charge in [0.15, 0.2) is 0 Å². The molecule has 2 aromatic rings. The summed E-state index contributed by atoms with van der Waals surface area (Å²) in [5, 5.41) is 2.52. The van der Waals surface area contributed by atoms with E-state index in [1.54, 1.807) is 6.07 Å². The van der Waals surface area contributed by atoms with Crippen LogP contribution < -0.4 is 10.9 Å². The van der Waals surface area contributed by atoms with E-state index in [9.17, 15) is 14.0 Å². The van der Waals surface area contributed by atoms with Crippen LogP contribution in [0.25, 0.3) is 0 Å². The number of rotatable bonds is 2. The van der Waals surface area contributed by atoms with Gasteiger partial charge >= 0.3 is 0 Å². The molecule has 4 nitrogen and oxygen atoms in total. The van der Waals surface area contributed by atoms with Gasteiger partial charge in [0.05, 0.1) is 10.0 Å². The maximum atomic E-state index is 13.2. The van der Waals surface area contributed by atoms with Crippen LogP contribution in [0, 0.1) is 5.82 Å². The zero-order valence-corrected chi connectivity index (χ0v) is 10.6. The van der Waals surface area contributed by atoms with Crippen LogP contribution in [0.1, 0.15) is 10.4 Å². The molecule has 1 amide bonds. The number of anilines is 1. The molecule has 1 aromatic heterocycles. The number of aromatic nitrogens is 1. The SMILES string of the molecule is O=C(Nc1ccc(Br)c(F)c1)c1ccc(=O)[nH]c1. The molecule has 18 heavy (non-hydrogen) atoms. The molecule has 0 aliphatic rings. The van der Waals surface area contributed by atoms with Crippen LogP contribution in [0.3, 0.4) is 0 Å². The van der Waals surface area contributed by atoms with E-state index < -0.39 is 11.7 Å². The highest BCUT2D eigenvalue weighted by Gasteiger charge is 2.07. The van der Waals surface area contributed by atoms with Crippen molar-refractivity contribution in [2.75, 3.05) is 5.32 Å². The summed E-state index contributed by atoms with van der Waals surface area (Å²) < 4.78 is 13.6. The van der Waals surface area contributed by atoms with Gasteiger partial charge in [0, 0.05) is 18.0 Å². The van der Waals surface area contributed by atoms with E-state index in [1.807, 2.05) is 0 Å². The third kappa shape index (κ3) is 2.84. The Hall–Kier alpha value is -1.95. The first kappa shape index (κ1) is 12.5. The highest BCUT2D eigenvalue weighted by Crippen LogP contribution is 2.19. The first-order chi connectivity index (χ1) is 8.56. The van der Waals surface area contributed by atoms with Gasteiger partial charge in [0.25, 0.3) is 5.91 Å². The number of pyridine rings is 1. The van der Waals surface area contributed by atoms with E-state index in [2.05, 4.69) is 26.2 Å². The van der Waals surface area contributed by atoms with Crippen LogP contribution in [-0.4, -0.2) is 10.9 Å². The molecule has 0 fully saturated rings. The van der Waals surface area contributed by atoms with Crippen LogP contribution in [0.4, 0.5) is 10.1 Å². The van der Waals surface area contributed by atoms with Gasteiger partial charge in [-0.25, -0.2) is 4.39 Å². The fraction of sp³-hybridized carbons (Fsp3) is 0.